The highest BCUT2D eigenvalue weighted by molar-refractivity contribution is 7.98. The smallest absolute Gasteiger partial charge is 0.251 e. The van der Waals surface area contributed by atoms with Gasteiger partial charge in [-0.1, -0.05) is 18.7 Å². The number of thioether (sulfide) groups is 1. The highest BCUT2D eigenvalue weighted by Crippen LogP contribution is 2.28. The Morgan fingerprint density at radius 3 is 2.64 bits per heavy atom. The lowest BCUT2D eigenvalue weighted by molar-refractivity contribution is 0.0996. The Morgan fingerprint density at radius 1 is 1.27 bits per heavy atom. The van der Waals surface area contributed by atoms with Crippen LogP contribution in [0.15, 0.2) is 5.03 Å². The van der Waals surface area contributed by atoms with Crippen molar-refractivity contribution in [2.24, 2.45) is 5.73 Å². The fourth-order valence-corrected chi connectivity index (χ4v) is 3.22. The van der Waals surface area contributed by atoms with Gasteiger partial charge in [0.2, 0.25) is 0 Å². The molecular weight excluding hydrogens is 300 g/mol. The van der Waals surface area contributed by atoms with Crippen LogP contribution in [-0.4, -0.2) is 31.1 Å². The first-order valence-corrected chi connectivity index (χ1v) is 8.09. The lowest BCUT2D eigenvalue weighted by Crippen LogP contribution is -2.17. The highest BCUT2D eigenvalue weighted by Gasteiger charge is 2.18. The first-order valence-electron chi connectivity index (χ1n) is 7.11. The number of tetrazole rings is 1. The van der Waals surface area contributed by atoms with E-state index in [0.29, 0.717) is 16.3 Å². The molecule has 2 N–H and O–H groups in total. The molecule has 0 spiro atoms. The molecule has 0 aliphatic rings. The number of pyridine rings is 1. The van der Waals surface area contributed by atoms with Crippen LogP contribution in [-0.2, 0) is 12.3 Å². The molecule has 0 aliphatic heterocycles. The summed E-state index contributed by atoms with van der Waals surface area (Å²) in [5, 5.41) is 12.3. The van der Waals surface area contributed by atoms with Crippen molar-refractivity contribution in [3.63, 3.8) is 0 Å². The van der Waals surface area contributed by atoms with Gasteiger partial charge < -0.3 is 5.73 Å². The molecule has 118 valence electrons. The third-order valence-corrected chi connectivity index (χ3v) is 4.56. The molecule has 0 saturated carbocycles. The maximum absolute atomic E-state index is 11.8. The van der Waals surface area contributed by atoms with Crippen LogP contribution in [0, 0.1) is 20.8 Å². The van der Waals surface area contributed by atoms with Gasteiger partial charge >= 0.3 is 0 Å². The van der Waals surface area contributed by atoms with Gasteiger partial charge in [0, 0.05) is 12.2 Å². The van der Waals surface area contributed by atoms with Crippen LogP contribution in [0.2, 0.25) is 0 Å². The number of aromatic nitrogens is 5. The lowest BCUT2D eigenvalue weighted by atomic mass is 10.0. The summed E-state index contributed by atoms with van der Waals surface area (Å²) >= 11 is 1.43. The maximum atomic E-state index is 11.8. The number of nitrogens with zero attached hydrogens (tertiary/aromatic N) is 5. The highest BCUT2D eigenvalue weighted by atomic mass is 32.2. The predicted octanol–water partition coefficient (Wildman–Crippen LogP) is 1.79. The third-order valence-electron chi connectivity index (χ3n) is 3.59. The summed E-state index contributed by atoms with van der Waals surface area (Å²) in [5.41, 5.74) is 8.79. The Kier molecular flexibility index (Phi) is 5.12. The van der Waals surface area contributed by atoms with Crippen LogP contribution in [0.4, 0.5) is 0 Å². The number of carbonyl (C=O) groups is 1. The molecule has 2 aromatic heterocycles. The molecule has 0 unspecified atom stereocenters. The van der Waals surface area contributed by atoms with Crippen molar-refractivity contribution in [3.05, 3.63) is 28.2 Å². The fraction of sp³-hybridized carbons (Fsp3) is 0.500. The number of amides is 1. The van der Waals surface area contributed by atoms with E-state index in [1.54, 1.807) is 4.68 Å². The van der Waals surface area contributed by atoms with Crippen molar-refractivity contribution >= 4 is 17.7 Å². The molecule has 2 rings (SSSR count). The summed E-state index contributed by atoms with van der Waals surface area (Å²) in [4.78, 5) is 16.3. The van der Waals surface area contributed by atoms with Crippen LogP contribution in [0.25, 0.3) is 0 Å². The molecule has 1 amide bonds. The van der Waals surface area contributed by atoms with Crippen molar-refractivity contribution in [2.75, 3.05) is 0 Å². The monoisotopic (exact) mass is 320 g/mol. The Morgan fingerprint density at radius 2 is 2.00 bits per heavy atom. The molecule has 0 aromatic carbocycles. The summed E-state index contributed by atoms with van der Waals surface area (Å²) < 4.78 is 1.77. The predicted molar refractivity (Wildman–Crippen MR) is 84.6 cm³/mol. The van der Waals surface area contributed by atoms with E-state index in [0.717, 1.165) is 35.6 Å². The third kappa shape index (κ3) is 3.27. The van der Waals surface area contributed by atoms with E-state index in [2.05, 4.69) is 27.4 Å². The maximum Gasteiger partial charge on any atom is 0.251 e. The first kappa shape index (κ1) is 16.4. The Balaban J connectivity index is 2.29. The topological polar surface area (TPSA) is 99.6 Å². The minimum atomic E-state index is -0.455. The fourth-order valence-electron chi connectivity index (χ4n) is 2.15. The van der Waals surface area contributed by atoms with E-state index in [-0.39, 0.29) is 0 Å². The minimum Gasteiger partial charge on any atom is -0.366 e. The standard InChI is InChI=1S/C14H20N6OS/c1-5-6-20-11(17-18-19-20)7-22-14-12(13(15)21)9(3)8(2)10(4)16-14/h5-7H2,1-4H3,(H2,15,21). The van der Waals surface area contributed by atoms with Crippen LogP contribution >= 0.6 is 11.8 Å². The van der Waals surface area contributed by atoms with Crippen molar-refractivity contribution < 1.29 is 4.79 Å². The number of hydrogen-bond donors (Lipinski definition) is 1. The van der Waals surface area contributed by atoms with E-state index < -0.39 is 5.91 Å². The van der Waals surface area contributed by atoms with Crippen molar-refractivity contribution in [3.8, 4) is 0 Å². The molecule has 0 fully saturated rings. The van der Waals surface area contributed by atoms with Gasteiger partial charge in [0.25, 0.3) is 5.91 Å². The van der Waals surface area contributed by atoms with Gasteiger partial charge in [-0.3, -0.25) is 4.79 Å². The van der Waals surface area contributed by atoms with Gasteiger partial charge in [-0.2, -0.15) is 0 Å². The van der Waals surface area contributed by atoms with Crippen molar-refractivity contribution in [2.45, 2.75) is 51.4 Å². The molecular formula is C14H20N6OS. The first-order chi connectivity index (χ1) is 10.5. The number of hydrogen-bond acceptors (Lipinski definition) is 6. The van der Waals surface area contributed by atoms with Crippen LogP contribution in [0.3, 0.4) is 0 Å². The Bertz CT molecular complexity index is 697. The van der Waals surface area contributed by atoms with Gasteiger partial charge in [0.1, 0.15) is 5.03 Å². The van der Waals surface area contributed by atoms with Gasteiger partial charge in [0.15, 0.2) is 5.82 Å². The number of rotatable bonds is 6. The molecule has 8 heteroatoms. The summed E-state index contributed by atoms with van der Waals surface area (Å²) in [7, 11) is 0. The number of nitrogens with two attached hydrogens (primary N) is 1. The molecule has 0 aliphatic carbocycles. The zero-order chi connectivity index (χ0) is 16.3. The second-order valence-corrected chi connectivity index (χ2v) is 6.06. The van der Waals surface area contributed by atoms with Crippen LogP contribution < -0.4 is 5.73 Å². The van der Waals surface area contributed by atoms with Gasteiger partial charge in [-0.25, -0.2) is 9.67 Å². The number of aryl methyl sites for hydroxylation is 2. The van der Waals surface area contributed by atoms with E-state index >= 15 is 0 Å². The summed E-state index contributed by atoms with van der Waals surface area (Å²) in [6.45, 7) is 8.61. The molecule has 22 heavy (non-hydrogen) atoms. The molecule has 0 atom stereocenters. The van der Waals surface area contributed by atoms with Gasteiger partial charge in [-0.15, -0.1) is 5.10 Å². The second-order valence-electron chi connectivity index (χ2n) is 5.10. The second kappa shape index (κ2) is 6.87. The molecule has 0 bridgehead atoms. The van der Waals surface area contributed by atoms with Crippen LogP contribution in [0.1, 0.15) is 46.3 Å². The molecule has 7 nitrogen and oxygen atoms in total. The SMILES string of the molecule is CCCn1nnnc1CSc1nc(C)c(C)c(C)c1C(N)=O. The van der Waals surface area contributed by atoms with Gasteiger partial charge in [0.05, 0.1) is 11.3 Å². The number of carbonyl (C=O) groups excluding carboxylic acids is 1. The zero-order valence-corrected chi connectivity index (χ0v) is 14.1. The molecule has 0 radical (unpaired) electrons. The average molecular weight is 320 g/mol. The quantitative estimate of drug-likeness (QED) is 0.815. The van der Waals surface area contributed by atoms with E-state index in [9.17, 15) is 4.79 Å². The summed E-state index contributed by atoms with van der Waals surface area (Å²) in [6, 6.07) is 0. The minimum absolute atomic E-state index is 0.455. The zero-order valence-electron chi connectivity index (χ0n) is 13.3. The number of primary amides is 1. The Labute approximate surface area is 133 Å². The molecule has 2 aromatic rings. The van der Waals surface area contributed by atoms with Crippen LogP contribution in [0.5, 0.6) is 0 Å². The molecule has 2 heterocycles. The van der Waals surface area contributed by atoms with Crippen molar-refractivity contribution in [1.29, 1.82) is 0 Å². The molecule has 0 saturated heterocycles. The average Bonchev–Trinajstić information content (AvgIpc) is 2.90. The largest absolute Gasteiger partial charge is 0.366 e. The summed E-state index contributed by atoms with van der Waals surface area (Å²) in [6.07, 6.45) is 0.955. The lowest BCUT2D eigenvalue weighted by Gasteiger charge is -2.13. The Hall–Kier alpha value is -1.96. The van der Waals surface area contributed by atoms with E-state index in [4.69, 9.17) is 5.73 Å². The van der Waals surface area contributed by atoms with Gasteiger partial charge in [-0.05, 0) is 48.7 Å². The summed E-state index contributed by atoms with van der Waals surface area (Å²) in [5.74, 6) is 0.853. The van der Waals surface area contributed by atoms with Crippen molar-refractivity contribution in [1.82, 2.24) is 25.2 Å². The van der Waals surface area contributed by atoms with E-state index in [1.165, 1.54) is 11.8 Å². The normalized spacial score (nSPS) is 10.9. The van der Waals surface area contributed by atoms with E-state index in [1.807, 2.05) is 20.8 Å².